The minimum Gasteiger partial charge on any atom is -0.492 e. The van der Waals surface area contributed by atoms with Crippen LogP contribution in [0.1, 0.15) is 27.0 Å². The van der Waals surface area contributed by atoms with Gasteiger partial charge in [0.2, 0.25) is 0 Å². The van der Waals surface area contributed by atoms with E-state index in [0.717, 1.165) is 28.7 Å². The Kier molecular flexibility index (Phi) is 6.08. The minimum atomic E-state index is -3.36. The summed E-state index contributed by atoms with van der Waals surface area (Å²) >= 11 is 0. The van der Waals surface area contributed by atoms with Crippen molar-refractivity contribution in [1.29, 1.82) is 0 Å². The molecule has 1 amide bonds. The number of amides is 1. The number of sulfone groups is 1. The second kappa shape index (κ2) is 7.91. The van der Waals surface area contributed by atoms with Crippen molar-refractivity contribution in [2.75, 3.05) is 26.5 Å². The Morgan fingerprint density at radius 2 is 1.65 bits per heavy atom. The Hall–Kier alpha value is -2.34. The molecule has 0 fully saturated rings. The van der Waals surface area contributed by atoms with Gasteiger partial charge in [0.25, 0.3) is 5.91 Å². The van der Waals surface area contributed by atoms with E-state index in [0.29, 0.717) is 18.7 Å². The van der Waals surface area contributed by atoms with Gasteiger partial charge in [0.05, 0.1) is 11.4 Å². The Morgan fingerprint density at radius 3 is 2.23 bits per heavy atom. The monoisotopic (exact) mass is 375 g/mol. The summed E-state index contributed by atoms with van der Waals surface area (Å²) in [5.74, 6) is 0.552. The smallest absolute Gasteiger partial charge is 0.254 e. The highest BCUT2D eigenvalue weighted by molar-refractivity contribution is 7.90. The second-order valence-corrected chi connectivity index (χ2v) is 8.66. The van der Waals surface area contributed by atoms with Crippen LogP contribution in [0.2, 0.25) is 0 Å². The largest absolute Gasteiger partial charge is 0.492 e. The zero-order chi connectivity index (χ0) is 19.5. The molecule has 0 unspecified atom stereocenters. The number of carbonyl (C=O) groups excluding carboxylic acids is 1. The minimum absolute atomic E-state index is 0.145. The molecule has 0 spiro atoms. The average molecular weight is 375 g/mol. The quantitative estimate of drug-likeness (QED) is 0.778. The lowest BCUT2D eigenvalue weighted by atomic mass is 10.1. The summed E-state index contributed by atoms with van der Waals surface area (Å²) < 4.78 is 29.2. The molecular weight excluding hydrogens is 350 g/mol. The number of likely N-dealkylation sites (N-methyl/N-ethyl adjacent to an activating group) is 1. The Bertz CT molecular complexity index is 899. The third-order valence-electron chi connectivity index (χ3n) is 4.10. The van der Waals surface area contributed by atoms with Gasteiger partial charge in [-0.15, -0.1) is 0 Å². The third kappa shape index (κ3) is 5.08. The summed E-state index contributed by atoms with van der Waals surface area (Å²) in [5, 5.41) is 0. The Morgan fingerprint density at radius 1 is 1.04 bits per heavy atom. The average Bonchev–Trinajstić information content (AvgIpc) is 2.52. The maximum absolute atomic E-state index is 12.7. The van der Waals surface area contributed by atoms with Gasteiger partial charge in [-0.05, 0) is 61.7 Å². The standard InChI is InChI=1S/C20H25NO4S/c1-14-10-15(2)12-17(11-14)25-9-8-21(4)20(22)19-13-18(26(5,23)24)7-6-16(19)3/h6-7,10-13H,8-9H2,1-5H3. The first-order chi connectivity index (χ1) is 12.1. The van der Waals surface area contributed by atoms with Gasteiger partial charge >= 0.3 is 0 Å². The molecule has 0 aliphatic rings. The molecule has 5 nitrogen and oxygen atoms in total. The predicted molar refractivity (Wildman–Crippen MR) is 103 cm³/mol. The van der Waals surface area contributed by atoms with Crippen molar-refractivity contribution in [2.24, 2.45) is 0 Å². The first-order valence-electron chi connectivity index (χ1n) is 8.35. The lowest BCUT2D eigenvalue weighted by Gasteiger charge is -2.19. The van der Waals surface area contributed by atoms with Crippen LogP contribution in [-0.2, 0) is 9.84 Å². The maximum Gasteiger partial charge on any atom is 0.254 e. The second-order valence-electron chi connectivity index (χ2n) is 6.65. The van der Waals surface area contributed by atoms with E-state index in [1.165, 1.54) is 17.0 Å². The van der Waals surface area contributed by atoms with Gasteiger partial charge in [-0.3, -0.25) is 4.79 Å². The fourth-order valence-electron chi connectivity index (χ4n) is 2.69. The van der Waals surface area contributed by atoms with E-state index in [4.69, 9.17) is 4.74 Å². The zero-order valence-corrected chi connectivity index (χ0v) is 16.7. The summed E-state index contributed by atoms with van der Waals surface area (Å²) in [6.45, 7) is 6.56. The lowest BCUT2D eigenvalue weighted by Crippen LogP contribution is -2.31. The molecule has 2 rings (SSSR count). The SMILES string of the molecule is Cc1cc(C)cc(OCCN(C)C(=O)c2cc(S(C)(=O)=O)ccc2C)c1. The van der Waals surface area contributed by atoms with Gasteiger partial charge in [0.1, 0.15) is 12.4 Å². The first-order valence-corrected chi connectivity index (χ1v) is 10.2. The number of hydrogen-bond donors (Lipinski definition) is 0. The molecule has 2 aromatic rings. The van der Waals surface area contributed by atoms with Crippen LogP contribution >= 0.6 is 0 Å². The summed E-state index contributed by atoms with van der Waals surface area (Å²) in [6.07, 6.45) is 1.13. The molecule has 0 N–H and O–H groups in total. The van der Waals surface area contributed by atoms with E-state index >= 15 is 0 Å². The molecule has 0 aliphatic heterocycles. The van der Waals surface area contributed by atoms with Crippen molar-refractivity contribution in [3.05, 3.63) is 58.7 Å². The summed E-state index contributed by atoms with van der Waals surface area (Å²) in [5.41, 5.74) is 3.38. The Labute approximate surface area is 155 Å². The summed E-state index contributed by atoms with van der Waals surface area (Å²) in [4.78, 5) is 14.4. The molecule has 0 saturated carbocycles. The van der Waals surface area contributed by atoms with Crippen molar-refractivity contribution in [2.45, 2.75) is 25.7 Å². The van der Waals surface area contributed by atoms with E-state index in [9.17, 15) is 13.2 Å². The fourth-order valence-corrected chi connectivity index (χ4v) is 3.33. The Balaban J connectivity index is 2.05. The van der Waals surface area contributed by atoms with Crippen LogP contribution in [0.25, 0.3) is 0 Å². The maximum atomic E-state index is 12.7. The van der Waals surface area contributed by atoms with Crippen molar-refractivity contribution in [1.82, 2.24) is 4.90 Å². The number of carbonyl (C=O) groups is 1. The number of aryl methyl sites for hydroxylation is 3. The van der Waals surface area contributed by atoms with Crippen LogP contribution in [0.4, 0.5) is 0 Å². The molecule has 26 heavy (non-hydrogen) atoms. The highest BCUT2D eigenvalue weighted by Gasteiger charge is 2.17. The van der Waals surface area contributed by atoms with Gasteiger partial charge in [0, 0.05) is 18.9 Å². The molecule has 0 aliphatic carbocycles. The van der Waals surface area contributed by atoms with Gasteiger partial charge < -0.3 is 9.64 Å². The number of nitrogens with zero attached hydrogens (tertiary/aromatic N) is 1. The highest BCUT2D eigenvalue weighted by Crippen LogP contribution is 2.18. The molecule has 0 atom stereocenters. The number of hydrogen-bond acceptors (Lipinski definition) is 4. The normalized spacial score (nSPS) is 11.3. The molecule has 0 heterocycles. The van der Waals surface area contributed by atoms with Crippen LogP contribution in [0.15, 0.2) is 41.3 Å². The molecule has 2 aromatic carbocycles. The molecule has 0 saturated heterocycles. The van der Waals surface area contributed by atoms with Gasteiger partial charge in [-0.1, -0.05) is 12.1 Å². The topological polar surface area (TPSA) is 63.7 Å². The van der Waals surface area contributed by atoms with E-state index < -0.39 is 9.84 Å². The van der Waals surface area contributed by atoms with E-state index in [1.807, 2.05) is 26.0 Å². The van der Waals surface area contributed by atoms with Crippen molar-refractivity contribution >= 4 is 15.7 Å². The van der Waals surface area contributed by atoms with E-state index in [2.05, 4.69) is 6.07 Å². The first kappa shape index (κ1) is 20.0. The van der Waals surface area contributed by atoms with E-state index in [-0.39, 0.29) is 10.8 Å². The lowest BCUT2D eigenvalue weighted by molar-refractivity contribution is 0.0772. The van der Waals surface area contributed by atoms with Gasteiger partial charge in [-0.25, -0.2) is 8.42 Å². The molecular formula is C20H25NO4S. The van der Waals surface area contributed by atoms with Gasteiger partial charge in [-0.2, -0.15) is 0 Å². The van der Waals surface area contributed by atoms with Crippen LogP contribution in [0.3, 0.4) is 0 Å². The van der Waals surface area contributed by atoms with Crippen molar-refractivity contribution < 1.29 is 17.9 Å². The molecule has 6 heteroatoms. The van der Waals surface area contributed by atoms with Gasteiger partial charge in [0.15, 0.2) is 9.84 Å². The number of benzene rings is 2. The summed E-state index contributed by atoms with van der Waals surface area (Å²) in [7, 11) is -1.68. The number of rotatable bonds is 6. The fraction of sp³-hybridized carbons (Fsp3) is 0.350. The van der Waals surface area contributed by atoms with Crippen molar-refractivity contribution in [3.63, 3.8) is 0 Å². The van der Waals surface area contributed by atoms with Crippen molar-refractivity contribution in [3.8, 4) is 5.75 Å². The van der Waals surface area contributed by atoms with Crippen LogP contribution in [0.5, 0.6) is 5.75 Å². The molecule has 0 aromatic heterocycles. The predicted octanol–water partition coefficient (Wildman–Crippen LogP) is 3.17. The molecule has 0 bridgehead atoms. The molecule has 140 valence electrons. The highest BCUT2D eigenvalue weighted by atomic mass is 32.2. The molecule has 0 radical (unpaired) electrons. The number of ether oxygens (including phenoxy) is 1. The summed E-state index contributed by atoms with van der Waals surface area (Å²) in [6, 6.07) is 10.6. The van der Waals surface area contributed by atoms with Crippen LogP contribution < -0.4 is 4.74 Å². The van der Waals surface area contributed by atoms with Crippen LogP contribution in [-0.4, -0.2) is 45.7 Å². The zero-order valence-electron chi connectivity index (χ0n) is 15.9. The van der Waals surface area contributed by atoms with E-state index in [1.54, 1.807) is 20.0 Å². The van der Waals surface area contributed by atoms with Crippen LogP contribution in [0, 0.1) is 20.8 Å². The third-order valence-corrected chi connectivity index (χ3v) is 5.22.